The molecule has 18 heavy (non-hydrogen) atoms. The molecule has 0 aliphatic heterocycles. The number of aromatic nitrogens is 1. The van der Waals surface area contributed by atoms with Crippen molar-refractivity contribution < 1.29 is 4.79 Å². The molecule has 1 aromatic heterocycles. The molecular formula is C13H18ClN3O. The zero-order valence-electron chi connectivity index (χ0n) is 10.4. The Balaban J connectivity index is 1.99. The van der Waals surface area contributed by atoms with Crippen LogP contribution in [0, 0.1) is 6.92 Å². The molecule has 0 radical (unpaired) electrons. The highest BCUT2D eigenvalue weighted by molar-refractivity contribution is 6.33. The molecule has 0 bridgehead atoms. The maximum absolute atomic E-state index is 12.1. The van der Waals surface area contributed by atoms with Gasteiger partial charge in [-0.25, -0.2) is 0 Å². The third-order valence-corrected chi connectivity index (χ3v) is 3.65. The van der Waals surface area contributed by atoms with Crippen LogP contribution >= 0.6 is 11.6 Å². The maximum atomic E-state index is 12.1. The van der Waals surface area contributed by atoms with Crippen LogP contribution in [0.25, 0.3) is 0 Å². The summed E-state index contributed by atoms with van der Waals surface area (Å²) < 4.78 is 0. The molecule has 1 saturated carbocycles. The van der Waals surface area contributed by atoms with E-state index < -0.39 is 0 Å². The summed E-state index contributed by atoms with van der Waals surface area (Å²) in [6, 6.07) is 2.19. The fraction of sp³-hybridized carbons (Fsp3) is 0.538. The predicted octanol–water partition coefficient (Wildman–Crippen LogP) is 2.04. The Labute approximate surface area is 112 Å². The van der Waals surface area contributed by atoms with Crippen LogP contribution in [-0.2, 0) is 0 Å². The van der Waals surface area contributed by atoms with Crippen LogP contribution in [0.1, 0.15) is 41.7 Å². The standard InChI is InChI=1S/C13H18ClN3O/c1-8-6-12(14)11(7-16-8)13(18)17-10-4-2-9(15)3-5-10/h6-7,9-10H,2-5,15H2,1H3,(H,17,18). The third kappa shape index (κ3) is 3.21. The molecule has 1 aromatic rings. The minimum atomic E-state index is -0.145. The van der Waals surface area contributed by atoms with Crippen molar-refractivity contribution in [2.45, 2.75) is 44.7 Å². The van der Waals surface area contributed by atoms with Gasteiger partial charge in [-0.2, -0.15) is 0 Å². The fourth-order valence-corrected chi connectivity index (χ4v) is 2.51. The van der Waals surface area contributed by atoms with Crippen molar-refractivity contribution in [1.82, 2.24) is 10.3 Å². The Kier molecular flexibility index (Phi) is 4.19. The van der Waals surface area contributed by atoms with E-state index in [-0.39, 0.29) is 18.0 Å². The average molecular weight is 268 g/mol. The monoisotopic (exact) mass is 267 g/mol. The van der Waals surface area contributed by atoms with E-state index in [0.29, 0.717) is 10.6 Å². The first-order chi connectivity index (χ1) is 8.56. The van der Waals surface area contributed by atoms with Crippen LogP contribution in [0.3, 0.4) is 0 Å². The van der Waals surface area contributed by atoms with Crippen LogP contribution in [0.15, 0.2) is 12.3 Å². The summed E-state index contributed by atoms with van der Waals surface area (Å²) >= 11 is 6.04. The number of carbonyl (C=O) groups is 1. The molecule has 1 aliphatic carbocycles. The lowest BCUT2D eigenvalue weighted by atomic mass is 9.91. The van der Waals surface area contributed by atoms with E-state index in [4.69, 9.17) is 17.3 Å². The van der Waals surface area contributed by atoms with Gasteiger partial charge in [0, 0.05) is 24.0 Å². The number of rotatable bonds is 2. The molecule has 0 aromatic carbocycles. The maximum Gasteiger partial charge on any atom is 0.254 e. The first-order valence-electron chi connectivity index (χ1n) is 6.25. The summed E-state index contributed by atoms with van der Waals surface area (Å²) in [7, 11) is 0. The number of halogens is 1. The van der Waals surface area contributed by atoms with Crippen LogP contribution < -0.4 is 11.1 Å². The van der Waals surface area contributed by atoms with Crippen LogP contribution in [0.5, 0.6) is 0 Å². The van der Waals surface area contributed by atoms with Crippen molar-refractivity contribution in [2.24, 2.45) is 5.73 Å². The number of carbonyl (C=O) groups excluding carboxylic acids is 1. The van der Waals surface area contributed by atoms with Gasteiger partial charge in [0.25, 0.3) is 5.91 Å². The van der Waals surface area contributed by atoms with Crippen molar-refractivity contribution in [1.29, 1.82) is 0 Å². The second-order valence-corrected chi connectivity index (χ2v) is 5.30. The van der Waals surface area contributed by atoms with Crippen molar-refractivity contribution in [2.75, 3.05) is 0 Å². The van der Waals surface area contributed by atoms with Crippen molar-refractivity contribution in [3.05, 3.63) is 28.5 Å². The van der Waals surface area contributed by atoms with E-state index in [2.05, 4.69) is 10.3 Å². The van der Waals surface area contributed by atoms with E-state index >= 15 is 0 Å². The lowest BCUT2D eigenvalue weighted by molar-refractivity contribution is 0.0925. The number of nitrogens with one attached hydrogen (secondary N) is 1. The summed E-state index contributed by atoms with van der Waals surface area (Å²) in [5.74, 6) is -0.145. The van der Waals surface area contributed by atoms with Gasteiger partial charge in [-0.3, -0.25) is 9.78 Å². The largest absolute Gasteiger partial charge is 0.349 e. The average Bonchev–Trinajstić information content (AvgIpc) is 2.32. The molecule has 0 saturated heterocycles. The van der Waals surface area contributed by atoms with Gasteiger partial charge >= 0.3 is 0 Å². The van der Waals surface area contributed by atoms with Crippen LogP contribution in [-0.4, -0.2) is 23.0 Å². The summed E-state index contributed by atoms with van der Waals surface area (Å²) in [4.78, 5) is 16.2. The van der Waals surface area contributed by atoms with Crippen LogP contribution in [0.4, 0.5) is 0 Å². The number of nitrogens with two attached hydrogens (primary N) is 1. The Hall–Kier alpha value is -1.13. The van der Waals surface area contributed by atoms with Crippen molar-refractivity contribution in [3.8, 4) is 0 Å². The molecular weight excluding hydrogens is 250 g/mol. The van der Waals surface area contributed by atoms with Gasteiger partial charge in [-0.15, -0.1) is 0 Å². The van der Waals surface area contributed by atoms with Crippen LogP contribution in [0.2, 0.25) is 5.02 Å². The molecule has 0 unspecified atom stereocenters. The zero-order chi connectivity index (χ0) is 13.1. The van der Waals surface area contributed by atoms with E-state index in [9.17, 15) is 4.79 Å². The highest BCUT2D eigenvalue weighted by Gasteiger charge is 2.21. The molecule has 1 aliphatic rings. The molecule has 1 heterocycles. The number of hydrogen-bond donors (Lipinski definition) is 2. The summed E-state index contributed by atoms with van der Waals surface area (Å²) in [6.45, 7) is 1.84. The number of pyridine rings is 1. The molecule has 0 atom stereocenters. The molecule has 0 spiro atoms. The van der Waals surface area contributed by atoms with Gasteiger partial charge in [0.2, 0.25) is 0 Å². The lowest BCUT2D eigenvalue weighted by Gasteiger charge is -2.26. The van der Waals surface area contributed by atoms with Gasteiger partial charge in [-0.05, 0) is 38.7 Å². The molecule has 4 nitrogen and oxygen atoms in total. The van der Waals surface area contributed by atoms with E-state index in [0.717, 1.165) is 31.4 Å². The van der Waals surface area contributed by atoms with Gasteiger partial charge in [-0.1, -0.05) is 11.6 Å². The minimum Gasteiger partial charge on any atom is -0.349 e. The third-order valence-electron chi connectivity index (χ3n) is 3.34. The van der Waals surface area contributed by atoms with E-state index in [1.807, 2.05) is 6.92 Å². The number of amides is 1. The first kappa shape index (κ1) is 13.3. The fourth-order valence-electron chi connectivity index (χ4n) is 2.22. The summed E-state index contributed by atoms with van der Waals surface area (Å²) in [5, 5.41) is 3.45. The Morgan fingerprint density at radius 1 is 1.44 bits per heavy atom. The van der Waals surface area contributed by atoms with Gasteiger partial charge in [0.1, 0.15) is 0 Å². The Bertz CT molecular complexity index is 442. The summed E-state index contributed by atoms with van der Waals surface area (Å²) in [6.07, 6.45) is 5.32. The lowest BCUT2D eigenvalue weighted by Crippen LogP contribution is -2.40. The first-order valence-corrected chi connectivity index (χ1v) is 6.62. The van der Waals surface area contributed by atoms with Gasteiger partial charge in [0.05, 0.1) is 10.6 Å². The number of aryl methyl sites for hydroxylation is 1. The van der Waals surface area contributed by atoms with Gasteiger partial charge < -0.3 is 11.1 Å². The highest BCUT2D eigenvalue weighted by atomic mass is 35.5. The van der Waals surface area contributed by atoms with E-state index in [1.54, 1.807) is 6.07 Å². The predicted molar refractivity (Wildman–Crippen MR) is 71.7 cm³/mol. The summed E-state index contributed by atoms with van der Waals surface area (Å²) in [5.41, 5.74) is 7.08. The highest BCUT2D eigenvalue weighted by Crippen LogP contribution is 2.19. The minimum absolute atomic E-state index is 0.145. The zero-order valence-corrected chi connectivity index (χ0v) is 11.2. The molecule has 2 rings (SSSR count). The quantitative estimate of drug-likeness (QED) is 0.862. The Morgan fingerprint density at radius 3 is 2.72 bits per heavy atom. The molecule has 98 valence electrons. The molecule has 3 N–H and O–H groups in total. The smallest absolute Gasteiger partial charge is 0.254 e. The molecule has 5 heteroatoms. The topological polar surface area (TPSA) is 68.0 Å². The van der Waals surface area contributed by atoms with Crippen molar-refractivity contribution in [3.63, 3.8) is 0 Å². The van der Waals surface area contributed by atoms with Gasteiger partial charge in [0.15, 0.2) is 0 Å². The van der Waals surface area contributed by atoms with Crippen molar-refractivity contribution >= 4 is 17.5 Å². The second-order valence-electron chi connectivity index (χ2n) is 4.89. The second kappa shape index (κ2) is 5.67. The van der Waals surface area contributed by atoms with E-state index in [1.165, 1.54) is 6.20 Å². The Morgan fingerprint density at radius 2 is 2.11 bits per heavy atom. The molecule has 1 amide bonds. The number of nitrogens with zero attached hydrogens (tertiary/aromatic N) is 1. The molecule has 1 fully saturated rings. The SMILES string of the molecule is Cc1cc(Cl)c(C(=O)NC2CCC(N)CC2)cn1. The normalized spacial score (nSPS) is 23.7. The number of hydrogen-bond acceptors (Lipinski definition) is 3.